The summed E-state index contributed by atoms with van der Waals surface area (Å²) in [5.74, 6) is 1.92. The van der Waals surface area contributed by atoms with Gasteiger partial charge in [0.2, 0.25) is 0 Å². The second-order valence-electron chi connectivity index (χ2n) is 6.49. The van der Waals surface area contributed by atoms with Gasteiger partial charge in [0.05, 0.1) is 6.54 Å². The fourth-order valence-corrected chi connectivity index (χ4v) is 3.37. The molecule has 1 unspecified atom stereocenters. The third-order valence-electron chi connectivity index (χ3n) is 4.54. The van der Waals surface area contributed by atoms with Gasteiger partial charge >= 0.3 is 0 Å². The molecule has 124 valence electrons. The Bertz CT molecular complexity index is 681. The van der Waals surface area contributed by atoms with Crippen molar-refractivity contribution in [2.75, 3.05) is 5.73 Å². The minimum absolute atomic E-state index is 0.119. The van der Waals surface area contributed by atoms with Gasteiger partial charge in [0, 0.05) is 6.07 Å². The van der Waals surface area contributed by atoms with Gasteiger partial charge in [-0.1, -0.05) is 31.4 Å². The quantitative estimate of drug-likeness (QED) is 0.889. The first-order valence-electron chi connectivity index (χ1n) is 8.44. The summed E-state index contributed by atoms with van der Waals surface area (Å²) in [6.07, 6.45) is 6.53. The molecular weight excluding hydrogens is 290 g/mol. The maximum atomic E-state index is 11.6. The van der Waals surface area contributed by atoms with E-state index in [1.807, 2.05) is 19.1 Å². The van der Waals surface area contributed by atoms with Gasteiger partial charge in [-0.15, -0.1) is 0 Å². The first-order chi connectivity index (χ1) is 11.1. The maximum Gasteiger partial charge on any atom is 0.268 e. The van der Waals surface area contributed by atoms with Crippen molar-refractivity contribution in [3.05, 3.63) is 46.2 Å². The number of H-pyrrole nitrogens is 1. The number of nitrogens with one attached hydrogen (secondary N) is 1. The van der Waals surface area contributed by atoms with Crippen LogP contribution < -0.4 is 16.0 Å². The summed E-state index contributed by atoms with van der Waals surface area (Å²) < 4.78 is 7.37. The van der Waals surface area contributed by atoms with Crippen LogP contribution >= 0.6 is 0 Å². The fraction of sp³-hybridized carbons (Fsp3) is 0.500. The van der Waals surface area contributed by atoms with Gasteiger partial charge in [0.1, 0.15) is 17.7 Å². The molecule has 2 aromatic rings. The van der Waals surface area contributed by atoms with Crippen molar-refractivity contribution in [1.29, 1.82) is 0 Å². The van der Waals surface area contributed by atoms with Gasteiger partial charge in [0.15, 0.2) is 0 Å². The molecule has 23 heavy (non-hydrogen) atoms. The number of nitrogens with two attached hydrogens (primary N) is 1. The minimum atomic E-state index is -0.134. The Hall–Kier alpha value is -2.17. The lowest BCUT2D eigenvalue weighted by Crippen LogP contribution is -2.26. The molecule has 1 fully saturated rings. The van der Waals surface area contributed by atoms with Crippen molar-refractivity contribution in [2.24, 2.45) is 0 Å². The van der Waals surface area contributed by atoms with Crippen molar-refractivity contribution in [3.63, 3.8) is 0 Å². The zero-order chi connectivity index (χ0) is 16.2. The van der Waals surface area contributed by atoms with E-state index in [2.05, 4.69) is 17.2 Å². The number of hydrogen-bond acceptors (Lipinski definition) is 3. The highest BCUT2D eigenvalue weighted by Gasteiger charge is 2.15. The highest BCUT2D eigenvalue weighted by Crippen LogP contribution is 2.33. The molecule has 0 bridgehead atoms. The number of ether oxygens (including phenoxy) is 1. The minimum Gasteiger partial charge on any atom is -0.489 e. The van der Waals surface area contributed by atoms with Gasteiger partial charge in [-0.25, -0.2) is 4.68 Å². The second-order valence-corrected chi connectivity index (χ2v) is 6.49. The van der Waals surface area contributed by atoms with Crippen molar-refractivity contribution in [2.45, 2.75) is 57.6 Å². The van der Waals surface area contributed by atoms with E-state index >= 15 is 0 Å². The Morgan fingerprint density at radius 1 is 1.26 bits per heavy atom. The molecule has 1 aromatic carbocycles. The van der Waals surface area contributed by atoms with Crippen molar-refractivity contribution in [3.8, 4) is 5.75 Å². The van der Waals surface area contributed by atoms with E-state index in [4.69, 9.17) is 10.5 Å². The number of rotatable bonds is 5. The highest BCUT2D eigenvalue weighted by atomic mass is 16.5. The molecule has 0 aliphatic heterocycles. The second kappa shape index (κ2) is 6.94. The SMILES string of the molecule is CC(Cn1[nH]c(N)cc1=O)Oc1ccc(C2CCCCC2)cc1. The predicted molar refractivity (Wildman–Crippen MR) is 91.8 cm³/mol. The van der Waals surface area contributed by atoms with Gasteiger partial charge < -0.3 is 10.5 Å². The first-order valence-corrected chi connectivity index (χ1v) is 8.44. The van der Waals surface area contributed by atoms with Crippen LogP contribution in [-0.2, 0) is 6.54 Å². The molecule has 3 rings (SSSR count). The normalized spacial score (nSPS) is 17.1. The van der Waals surface area contributed by atoms with Crippen LogP contribution in [0, 0.1) is 0 Å². The molecule has 1 saturated carbocycles. The van der Waals surface area contributed by atoms with E-state index in [0.717, 1.165) is 5.75 Å². The number of nitrogens with zero attached hydrogens (tertiary/aromatic N) is 1. The fourth-order valence-electron chi connectivity index (χ4n) is 3.37. The summed E-state index contributed by atoms with van der Waals surface area (Å²) >= 11 is 0. The largest absolute Gasteiger partial charge is 0.489 e. The van der Waals surface area contributed by atoms with Gasteiger partial charge in [0.25, 0.3) is 5.56 Å². The molecule has 1 heterocycles. The van der Waals surface area contributed by atoms with E-state index in [9.17, 15) is 4.79 Å². The van der Waals surface area contributed by atoms with Crippen LogP contribution in [0.25, 0.3) is 0 Å². The smallest absolute Gasteiger partial charge is 0.268 e. The summed E-state index contributed by atoms with van der Waals surface area (Å²) in [5, 5.41) is 2.82. The summed E-state index contributed by atoms with van der Waals surface area (Å²) in [6.45, 7) is 2.39. The molecule has 5 nitrogen and oxygen atoms in total. The lowest BCUT2D eigenvalue weighted by atomic mass is 9.84. The van der Waals surface area contributed by atoms with E-state index in [-0.39, 0.29) is 11.7 Å². The van der Waals surface area contributed by atoms with Crippen LogP contribution in [0.4, 0.5) is 5.82 Å². The van der Waals surface area contributed by atoms with E-state index < -0.39 is 0 Å². The topological polar surface area (TPSA) is 73.0 Å². The van der Waals surface area contributed by atoms with Crippen LogP contribution in [0.1, 0.15) is 50.5 Å². The summed E-state index contributed by atoms with van der Waals surface area (Å²) in [7, 11) is 0. The lowest BCUT2D eigenvalue weighted by Gasteiger charge is -2.22. The van der Waals surface area contributed by atoms with Gasteiger partial charge in [-0.3, -0.25) is 9.89 Å². The maximum absolute atomic E-state index is 11.6. The van der Waals surface area contributed by atoms with Crippen LogP contribution in [0.2, 0.25) is 0 Å². The Balaban J connectivity index is 1.59. The third-order valence-corrected chi connectivity index (χ3v) is 4.54. The Morgan fingerprint density at radius 3 is 2.57 bits per heavy atom. The molecule has 0 amide bonds. The lowest BCUT2D eigenvalue weighted by molar-refractivity contribution is 0.192. The first kappa shape index (κ1) is 15.7. The molecule has 0 radical (unpaired) electrons. The highest BCUT2D eigenvalue weighted by molar-refractivity contribution is 5.30. The molecule has 1 atom stereocenters. The van der Waals surface area contributed by atoms with Crippen LogP contribution in [0.5, 0.6) is 5.75 Å². The third kappa shape index (κ3) is 3.97. The van der Waals surface area contributed by atoms with Crippen molar-refractivity contribution < 1.29 is 4.74 Å². The van der Waals surface area contributed by atoms with Crippen LogP contribution in [0.15, 0.2) is 35.1 Å². The Kier molecular flexibility index (Phi) is 4.74. The van der Waals surface area contributed by atoms with Crippen molar-refractivity contribution in [1.82, 2.24) is 9.78 Å². The molecule has 1 aliphatic rings. The zero-order valence-electron chi connectivity index (χ0n) is 13.6. The van der Waals surface area contributed by atoms with Crippen LogP contribution in [-0.4, -0.2) is 15.9 Å². The molecule has 0 saturated heterocycles. The number of benzene rings is 1. The van der Waals surface area contributed by atoms with Crippen LogP contribution in [0.3, 0.4) is 0 Å². The average Bonchev–Trinajstić information content (AvgIpc) is 2.86. The summed E-state index contributed by atoms with van der Waals surface area (Å²) in [5.41, 5.74) is 6.86. The average molecular weight is 315 g/mol. The number of aromatic amines is 1. The summed E-state index contributed by atoms with van der Waals surface area (Å²) in [6, 6.07) is 9.80. The number of aromatic nitrogens is 2. The van der Waals surface area contributed by atoms with E-state index in [1.54, 1.807) is 0 Å². The Morgan fingerprint density at radius 2 is 1.96 bits per heavy atom. The van der Waals surface area contributed by atoms with Gasteiger partial charge in [-0.05, 0) is 43.4 Å². The molecule has 0 spiro atoms. The number of anilines is 1. The molecule has 5 heteroatoms. The molecular formula is C18H25N3O2. The molecule has 3 N–H and O–H groups in total. The molecule has 1 aliphatic carbocycles. The number of nitrogen functional groups attached to an aromatic ring is 1. The Labute approximate surface area is 136 Å². The van der Waals surface area contributed by atoms with E-state index in [1.165, 1.54) is 48.4 Å². The molecule has 1 aromatic heterocycles. The standard InChI is InChI=1S/C18H25N3O2/c1-13(12-21-18(22)11-17(19)20-21)23-16-9-7-15(8-10-16)14-5-3-2-4-6-14/h7-11,13-14,20H,2-6,12,19H2,1H3. The monoisotopic (exact) mass is 315 g/mol. The number of hydrogen-bond donors (Lipinski definition) is 2. The zero-order valence-corrected chi connectivity index (χ0v) is 13.6. The summed E-state index contributed by atoms with van der Waals surface area (Å²) in [4.78, 5) is 11.6. The van der Waals surface area contributed by atoms with Gasteiger partial charge in [-0.2, -0.15) is 0 Å². The van der Waals surface area contributed by atoms with Crippen molar-refractivity contribution >= 4 is 5.82 Å². The predicted octanol–water partition coefficient (Wildman–Crippen LogP) is 3.27. The van der Waals surface area contributed by atoms with E-state index in [0.29, 0.717) is 18.3 Å².